The number of nitro groups is 1. The first-order chi connectivity index (χ1) is 14.1. The Morgan fingerprint density at radius 1 is 1.30 bits per heavy atom. The minimum Gasteiger partial charge on any atom is -0.493 e. The number of nitrogens with zero attached hydrogens (tertiary/aromatic N) is 2. The van der Waals surface area contributed by atoms with E-state index in [-0.39, 0.29) is 41.7 Å². The molecule has 0 saturated heterocycles. The fraction of sp³-hybridized carbons (Fsp3) is 0.381. The number of halogens is 1. The van der Waals surface area contributed by atoms with Gasteiger partial charge in [0.05, 0.1) is 30.7 Å². The van der Waals surface area contributed by atoms with Crippen LogP contribution in [-0.4, -0.2) is 37.2 Å². The molecule has 0 spiro atoms. The van der Waals surface area contributed by atoms with Crippen LogP contribution in [-0.2, 0) is 11.3 Å². The summed E-state index contributed by atoms with van der Waals surface area (Å²) in [7, 11) is 1.66. The number of guanidine groups is 1. The second kappa shape index (κ2) is 11.7. The van der Waals surface area contributed by atoms with Gasteiger partial charge in [-0.3, -0.25) is 10.1 Å². The Balaban J connectivity index is 0.00000320. The number of methoxy groups -OCH3 is 1. The fourth-order valence-electron chi connectivity index (χ4n) is 3.21. The molecule has 2 aromatic rings. The topological polar surface area (TPSA) is 98.0 Å². The lowest BCUT2D eigenvalue weighted by Gasteiger charge is -2.29. The largest absolute Gasteiger partial charge is 0.493 e. The third-order valence-electron chi connectivity index (χ3n) is 4.64. The van der Waals surface area contributed by atoms with E-state index in [2.05, 4.69) is 21.7 Å². The van der Waals surface area contributed by atoms with Crippen LogP contribution in [0, 0.1) is 10.1 Å². The highest BCUT2D eigenvalue weighted by Gasteiger charge is 2.22. The fourth-order valence-corrected chi connectivity index (χ4v) is 3.21. The van der Waals surface area contributed by atoms with Gasteiger partial charge in [-0.25, -0.2) is 4.99 Å². The Morgan fingerprint density at radius 2 is 2.03 bits per heavy atom. The van der Waals surface area contributed by atoms with Gasteiger partial charge in [0.1, 0.15) is 5.75 Å². The van der Waals surface area contributed by atoms with Crippen molar-refractivity contribution in [2.24, 2.45) is 4.99 Å². The summed E-state index contributed by atoms with van der Waals surface area (Å²) in [6.45, 7) is 3.60. The molecule has 8 nitrogen and oxygen atoms in total. The van der Waals surface area contributed by atoms with Crippen molar-refractivity contribution in [2.45, 2.75) is 32.0 Å². The van der Waals surface area contributed by atoms with Crippen molar-refractivity contribution in [3.05, 3.63) is 69.8 Å². The molecule has 1 heterocycles. The Bertz CT molecular complexity index is 860. The van der Waals surface area contributed by atoms with Crippen LogP contribution < -0.4 is 15.4 Å². The van der Waals surface area contributed by atoms with Gasteiger partial charge < -0.3 is 20.1 Å². The summed E-state index contributed by atoms with van der Waals surface area (Å²) < 4.78 is 11.0. The third kappa shape index (κ3) is 6.56. The van der Waals surface area contributed by atoms with Gasteiger partial charge in [-0.15, -0.1) is 24.0 Å². The van der Waals surface area contributed by atoms with Crippen molar-refractivity contribution < 1.29 is 14.4 Å². The molecular formula is C21H27IN4O4. The molecule has 0 aromatic heterocycles. The van der Waals surface area contributed by atoms with Gasteiger partial charge in [-0.05, 0) is 18.6 Å². The molecule has 0 amide bonds. The van der Waals surface area contributed by atoms with Gasteiger partial charge >= 0.3 is 0 Å². The van der Waals surface area contributed by atoms with E-state index in [1.165, 1.54) is 12.1 Å². The molecule has 2 aromatic carbocycles. The Hall–Kier alpha value is -2.40. The number of rotatable bonds is 7. The number of nitro benzene ring substituents is 1. The summed E-state index contributed by atoms with van der Waals surface area (Å²) >= 11 is 0. The van der Waals surface area contributed by atoms with E-state index in [1.807, 2.05) is 25.1 Å². The normalized spacial score (nSPS) is 16.5. The standard InChI is InChI=1S/C21H26N4O4.HI/c1-15(14-28-2)23-21(22-13-16-7-9-17(10-8-16)25(26)27)24-19-11-12-29-20-6-4-3-5-18(19)20;/h3-10,15,19H,11-14H2,1-2H3,(H2,22,23,24);1H. The van der Waals surface area contributed by atoms with Crippen molar-refractivity contribution in [3.63, 3.8) is 0 Å². The van der Waals surface area contributed by atoms with Crippen LogP contribution in [0.25, 0.3) is 0 Å². The minimum absolute atomic E-state index is 0. The van der Waals surface area contributed by atoms with Crippen molar-refractivity contribution in [1.29, 1.82) is 0 Å². The molecule has 3 rings (SSSR count). The van der Waals surface area contributed by atoms with Crippen LogP contribution >= 0.6 is 24.0 Å². The summed E-state index contributed by atoms with van der Waals surface area (Å²) in [5.41, 5.74) is 2.06. The third-order valence-corrected chi connectivity index (χ3v) is 4.64. The van der Waals surface area contributed by atoms with E-state index in [0.717, 1.165) is 23.3 Å². The van der Waals surface area contributed by atoms with Crippen molar-refractivity contribution in [2.75, 3.05) is 20.3 Å². The summed E-state index contributed by atoms with van der Waals surface area (Å²) in [5, 5.41) is 17.7. The first kappa shape index (κ1) is 23.9. The molecule has 0 fully saturated rings. The van der Waals surface area contributed by atoms with Crippen LogP contribution in [0.3, 0.4) is 0 Å². The minimum atomic E-state index is -0.406. The predicted molar refractivity (Wildman–Crippen MR) is 127 cm³/mol. The molecule has 9 heteroatoms. The van der Waals surface area contributed by atoms with Gasteiger partial charge in [0.25, 0.3) is 5.69 Å². The van der Waals surface area contributed by atoms with E-state index in [9.17, 15) is 10.1 Å². The molecule has 30 heavy (non-hydrogen) atoms. The molecule has 0 aliphatic carbocycles. The highest BCUT2D eigenvalue weighted by molar-refractivity contribution is 14.0. The zero-order chi connectivity index (χ0) is 20.6. The van der Waals surface area contributed by atoms with Crippen molar-refractivity contribution in [3.8, 4) is 5.75 Å². The maximum Gasteiger partial charge on any atom is 0.269 e. The van der Waals surface area contributed by atoms with Crippen LogP contribution in [0.5, 0.6) is 5.75 Å². The first-order valence-corrected chi connectivity index (χ1v) is 9.58. The molecule has 0 saturated carbocycles. The maximum atomic E-state index is 10.8. The number of non-ortho nitro benzene ring substituents is 1. The van der Waals surface area contributed by atoms with Gasteiger partial charge in [0, 0.05) is 37.3 Å². The van der Waals surface area contributed by atoms with Crippen molar-refractivity contribution in [1.82, 2.24) is 10.6 Å². The summed E-state index contributed by atoms with van der Waals surface area (Å²) in [6, 6.07) is 14.6. The molecule has 1 aliphatic heterocycles. The highest BCUT2D eigenvalue weighted by Crippen LogP contribution is 2.31. The smallest absolute Gasteiger partial charge is 0.269 e. The average Bonchev–Trinajstić information content (AvgIpc) is 2.72. The number of benzene rings is 2. The zero-order valence-corrected chi connectivity index (χ0v) is 19.4. The SMILES string of the molecule is COCC(C)NC(=NCc1ccc([N+](=O)[O-])cc1)NC1CCOc2ccccc21.I. The molecule has 2 atom stereocenters. The molecule has 2 N–H and O–H groups in total. The van der Waals surface area contributed by atoms with E-state index < -0.39 is 4.92 Å². The number of hydrogen-bond donors (Lipinski definition) is 2. The van der Waals surface area contributed by atoms with E-state index in [1.54, 1.807) is 19.2 Å². The van der Waals surface area contributed by atoms with Crippen LogP contribution in [0.1, 0.15) is 30.5 Å². The number of aliphatic imine (C=N–C) groups is 1. The van der Waals surface area contributed by atoms with E-state index in [4.69, 9.17) is 9.47 Å². The molecule has 1 aliphatic rings. The average molecular weight is 526 g/mol. The zero-order valence-electron chi connectivity index (χ0n) is 17.0. The highest BCUT2D eigenvalue weighted by atomic mass is 127. The number of hydrogen-bond acceptors (Lipinski definition) is 5. The second-order valence-corrected chi connectivity index (χ2v) is 6.96. The lowest BCUT2D eigenvalue weighted by atomic mass is 10.0. The Kier molecular flexibility index (Phi) is 9.31. The van der Waals surface area contributed by atoms with E-state index >= 15 is 0 Å². The second-order valence-electron chi connectivity index (χ2n) is 6.96. The molecule has 162 valence electrons. The number of fused-ring (bicyclic) bond motifs is 1. The van der Waals surface area contributed by atoms with Gasteiger partial charge in [-0.1, -0.05) is 30.3 Å². The molecule has 2 unspecified atom stereocenters. The van der Waals surface area contributed by atoms with Crippen LogP contribution in [0.4, 0.5) is 5.69 Å². The molecule has 0 radical (unpaired) electrons. The van der Waals surface area contributed by atoms with Crippen LogP contribution in [0.15, 0.2) is 53.5 Å². The lowest BCUT2D eigenvalue weighted by molar-refractivity contribution is -0.384. The van der Waals surface area contributed by atoms with Gasteiger partial charge in [-0.2, -0.15) is 0 Å². The Labute approximate surface area is 193 Å². The lowest BCUT2D eigenvalue weighted by Crippen LogP contribution is -2.46. The Morgan fingerprint density at radius 3 is 2.73 bits per heavy atom. The summed E-state index contributed by atoms with van der Waals surface area (Å²) in [6.07, 6.45) is 0.827. The van der Waals surface area contributed by atoms with Crippen molar-refractivity contribution >= 4 is 35.6 Å². The number of ether oxygens (including phenoxy) is 2. The summed E-state index contributed by atoms with van der Waals surface area (Å²) in [5.74, 6) is 1.55. The van der Waals surface area contributed by atoms with Crippen LogP contribution in [0.2, 0.25) is 0 Å². The number of nitrogens with one attached hydrogen (secondary N) is 2. The number of para-hydroxylation sites is 1. The predicted octanol–water partition coefficient (Wildman–Crippen LogP) is 3.81. The van der Waals surface area contributed by atoms with E-state index in [0.29, 0.717) is 25.7 Å². The monoisotopic (exact) mass is 526 g/mol. The molecular weight excluding hydrogens is 499 g/mol. The first-order valence-electron chi connectivity index (χ1n) is 9.58. The van der Waals surface area contributed by atoms with Gasteiger partial charge in [0.2, 0.25) is 0 Å². The van der Waals surface area contributed by atoms with Gasteiger partial charge in [0.15, 0.2) is 5.96 Å². The molecule has 0 bridgehead atoms. The maximum absolute atomic E-state index is 10.8. The quantitative estimate of drug-likeness (QED) is 0.187. The summed E-state index contributed by atoms with van der Waals surface area (Å²) in [4.78, 5) is 15.1.